The van der Waals surface area contributed by atoms with Gasteiger partial charge in [0.2, 0.25) is 0 Å². The zero-order chi connectivity index (χ0) is 15.1. The molecule has 112 valence electrons. The molecule has 0 bridgehead atoms. The Bertz CT molecular complexity index is 558. The Labute approximate surface area is 126 Å². The predicted molar refractivity (Wildman–Crippen MR) is 82.9 cm³/mol. The van der Waals surface area contributed by atoms with Crippen LogP contribution in [0.1, 0.15) is 11.1 Å². The van der Waals surface area contributed by atoms with Crippen molar-refractivity contribution in [3.05, 3.63) is 53.9 Å². The maximum Gasteiger partial charge on any atom is 0.160 e. The monoisotopic (exact) mass is 287 g/mol. The highest BCUT2D eigenvalue weighted by atomic mass is 16.5. The van der Waals surface area contributed by atoms with Crippen LogP contribution in [0.5, 0.6) is 11.5 Å². The first kappa shape index (κ1) is 15.3. The summed E-state index contributed by atoms with van der Waals surface area (Å²) < 4.78 is 10.6. The van der Waals surface area contributed by atoms with Crippen LogP contribution < -0.4 is 14.4 Å². The molecule has 1 unspecified atom stereocenters. The first-order valence-corrected chi connectivity index (χ1v) is 7.14. The van der Waals surface area contributed by atoms with E-state index in [2.05, 4.69) is 36.3 Å². The molecule has 4 nitrogen and oxygen atoms in total. The summed E-state index contributed by atoms with van der Waals surface area (Å²) in [5.41, 5.74) is 2.58. The molecule has 1 heterocycles. The molecule has 2 aromatic rings. The van der Waals surface area contributed by atoms with E-state index in [1.807, 2.05) is 18.5 Å². The fraction of sp³-hybridized carbons (Fsp3) is 0.353. The molecule has 0 aliphatic rings. The molecule has 4 heteroatoms. The molecule has 1 atom stereocenters. The van der Waals surface area contributed by atoms with Crippen molar-refractivity contribution in [2.45, 2.75) is 13.0 Å². The summed E-state index contributed by atoms with van der Waals surface area (Å²) in [7, 11) is 5.54. The minimum absolute atomic E-state index is 0.777. The van der Waals surface area contributed by atoms with E-state index in [0.29, 0.717) is 0 Å². The Kier molecular flexibility index (Phi) is 5.58. The predicted octanol–water partition coefficient (Wildman–Crippen LogP) is 1.36. The SMILES string of the molecule is COc1ccc(CC[NH+](C)Cc2ccncc2)cc1OC. The van der Waals surface area contributed by atoms with Crippen LogP contribution in [0.4, 0.5) is 0 Å². The number of pyridine rings is 1. The lowest BCUT2D eigenvalue weighted by Gasteiger charge is -2.15. The van der Waals surface area contributed by atoms with E-state index < -0.39 is 0 Å². The molecule has 0 spiro atoms. The van der Waals surface area contributed by atoms with E-state index in [1.165, 1.54) is 16.0 Å². The summed E-state index contributed by atoms with van der Waals surface area (Å²) in [6.07, 6.45) is 4.70. The number of methoxy groups -OCH3 is 2. The molecule has 21 heavy (non-hydrogen) atoms. The van der Waals surface area contributed by atoms with Crippen molar-refractivity contribution in [1.29, 1.82) is 0 Å². The second-order valence-corrected chi connectivity index (χ2v) is 5.18. The van der Waals surface area contributed by atoms with Gasteiger partial charge in [0.25, 0.3) is 0 Å². The first-order chi connectivity index (χ1) is 10.2. The Morgan fingerprint density at radius 1 is 0.952 bits per heavy atom. The number of benzene rings is 1. The molecule has 1 aromatic carbocycles. The van der Waals surface area contributed by atoms with E-state index in [0.717, 1.165) is 31.0 Å². The van der Waals surface area contributed by atoms with Gasteiger partial charge in [-0.05, 0) is 29.8 Å². The van der Waals surface area contributed by atoms with Crippen LogP contribution in [-0.2, 0) is 13.0 Å². The van der Waals surface area contributed by atoms with Crippen molar-refractivity contribution in [1.82, 2.24) is 4.98 Å². The van der Waals surface area contributed by atoms with Gasteiger partial charge in [0.15, 0.2) is 11.5 Å². The largest absolute Gasteiger partial charge is 0.493 e. The van der Waals surface area contributed by atoms with Gasteiger partial charge in [-0.2, -0.15) is 0 Å². The van der Waals surface area contributed by atoms with Crippen LogP contribution in [0.2, 0.25) is 0 Å². The summed E-state index contributed by atoms with van der Waals surface area (Å²) in [5.74, 6) is 1.57. The second kappa shape index (κ2) is 7.64. The summed E-state index contributed by atoms with van der Waals surface area (Å²) in [6.45, 7) is 2.08. The molecule has 1 aromatic heterocycles. The zero-order valence-electron chi connectivity index (χ0n) is 12.9. The van der Waals surface area contributed by atoms with Gasteiger partial charge in [0.05, 0.1) is 27.8 Å². The normalized spacial score (nSPS) is 12.0. The number of quaternary nitrogens is 1. The molecule has 0 aliphatic heterocycles. The lowest BCUT2D eigenvalue weighted by atomic mass is 10.1. The minimum Gasteiger partial charge on any atom is -0.493 e. The number of rotatable bonds is 7. The lowest BCUT2D eigenvalue weighted by molar-refractivity contribution is -0.893. The van der Waals surface area contributed by atoms with Gasteiger partial charge < -0.3 is 14.4 Å². The molecule has 0 saturated carbocycles. The van der Waals surface area contributed by atoms with Gasteiger partial charge in [-0.15, -0.1) is 0 Å². The summed E-state index contributed by atoms with van der Waals surface area (Å²) in [5, 5.41) is 0. The van der Waals surface area contributed by atoms with Gasteiger partial charge in [-0.1, -0.05) is 6.07 Å². The Morgan fingerprint density at radius 2 is 1.67 bits per heavy atom. The molecule has 0 aliphatic carbocycles. The second-order valence-electron chi connectivity index (χ2n) is 5.18. The van der Waals surface area contributed by atoms with E-state index >= 15 is 0 Å². The van der Waals surface area contributed by atoms with Crippen molar-refractivity contribution in [3.8, 4) is 11.5 Å². The fourth-order valence-corrected chi connectivity index (χ4v) is 2.33. The molecule has 1 N–H and O–H groups in total. The van der Waals surface area contributed by atoms with Gasteiger partial charge in [-0.3, -0.25) is 4.98 Å². The number of hydrogen-bond donors (Lipinski definition) is 1. The molecular formula is C17H23N2O2+. The van der Waals surface area contributed by atoms with Gasteiger partial charge in [0, 0.05) is 24.4 Å². The summed E-state index contributed by atoms with van der Waals surface area (Å²) in [6, 6.07) is 10.3. The number of aromatic nitrogens is 1. The number of ether oxygens (including phenoxy) is 2. The fourth-order valence-electron chi connectivity index (χ4n) is 2.33. The summed E-state index contributed by atoms with van der Waals surface area (Å²) >= 11 is 0. The number of nitrogens with one attached hydrogen (secondary N) is 1. The van der Waals surface area contributed by atoms with Crippen LogP contribution in [0.3, 0.4) is 0 Å². The van der Waals surface area contributed by atoms with Gasteiger partial charge >= 0.3 is 0 Å². The average molecular weight is 287 g/mol. The quantitative estimate of drug-likeness (QED) is 0.835. The molecule has 0 fully saturated rings. The van der Waals surface area contributed by atoms with Crippen LogP contribution >= 0.6 is 0 Å². The van der Waals surface area contributed by atoms with Crippen LogP contribution in [0, 0.1) is 0 Å². The van der Waals surface area contributed by atoms with E-state index in [-0.39, 0.29) is 0 Å². The van der Waals surface area contributed by atoms with Crippen LogP contribution in [0.25, 0.3) is 0 Å². The van der Waals surface area contributed by atoms with Crippen molar-refractivity contribution in [2.75, 3.05) is 27.8 Å². The maximum absolute atomic E-state index is 5.34. The lowest BCUT2D eigenvalue weighted by Crippen LogP contribution is -3.07. The highest BCUT2D eigenvalue weighted by Crippen LogP contribution is 2.27. The number of likely N-dealkylation sites (N-methyl/N-ethyl adjacent to an activating group) is 1. The first-order valence-electron chi connectivity index (χ1n) is 7.14. The standard InChI is InChI=1S/C17H22N2O2/c1-19(13-15-6-9-18-10-7-15)11-8-14-4-5-16(20-2)17(12-14)21-3/h4-7,9-10,12H,8,11,13H2,1-3H3/p+1. The smallest absolute Gasteiger partial charge is 0.160 e. The van der Waals surface area contributed by atoms with E-state index in [9.17, 15) is 0 Å². The van der Waals surface area contributed by atoms with Crippen molar-refractivity contribution < 1.29 is 14.4 Å². The third kappa shape index (κ3) is 4.46. The third-order valence-corrected chi connectivity index (χ3v) is 3.54. The molecule has 0 radical (unpaired) electrons. The van der Waals surface area contributed by atoms with Crippen molar-refractivity contribution >= 4 is 0 Å². The molecule has 2 rings (SSSR count). The van der Waals surface area contributed by atoms with E-state index in [1.54, 1.807) is 14.2 Å². The van der Waals surface area contributed by atoms with Crippen molar-refractivity contribution in [2.24, 2.45) is 0 Å². The molecular weight excluding hydrogens is 264 g/mol. The third-order valence-electron chi connectivity index (χ3n) is 3.54. The minimum atomic E-state index is 0.777. The van der Waals surface area contributed by atoms with Gasteiger partial charge in [-0.25, -0.2) is 0 Å². The van der Waals surface area contributed by atoms with Gasteiger partial charge in [0.1, 0.15) is 6.54 Å². The zero-order valence-corrected chi connectivity index (χ0v) is 12.9. The average Bonchev–Trinajstić information content (AvgIpc) is 2.53. The van der Waals surface area contributed by atoms with E-state index in [4.69, 9.17) is 9.47 Å². The topological polar surface area (TPSA) is 35.8 Å². The van der Waals surface area contributed by atoms with Crippen molar-refractivity contribution in [3.63, 3.8) is 0 Å². The highest BCUT2D eigenvalue weighted by molar-refractivity contribution is 5.42. The Morgan fingerprint density at radius 3 is 2.33 bits per heavy atom. The summed E-state index contributed by atoms with van der Waals surface area (Å²) in [4.78, 5) is 5.52. The van der Waals surface area contributed by atoms with Crippen LogP contribution in [-0.4, -0.2) is 32.8 Å². The molecule has 0 saturated heterocycles. The number of hydrogen-bond acceptors (Lipinski definition) is 3. The Hall–Kier alpha value is -2.07. The maximum atomic E-state index is 5.34. The Balaban J connectivity index is 1.90. The molecule has 0 amide bonds. The van der Waals surface area contributed by atoms with Crippen LogP contribution in [0.15, 0.2) is 42.7 Å². The number of nitrogens with zero attached hydrogens (tertiary/aromatic N) is 1. The highest BCUT2D eigenvalue weighted by Gasteiger charge is 2.07.